The van der Waals surface area contributed by atoms with Gasteiger partial charge in [0.2, 0.25) is 5.78 Å². The van der Waals surface area contributed by atoms with Crippen molar-refractivity contribution in [3.8, 4) is 0 Å². The lowest BCUT2D eigenvalue weighted by Gasteiger charge is -2.10. The van der Waals surface area contributed by atoms with Gasteiger partial charge in [0.05, 0.1) is 22.4 Å². The summed E-state index contributed by atoms with van der Waals surface area (Å²) in [6.45, 7) is 1.83. The predicted octanol–water partition coefficient (Wildman–Crippen LogP) is 2.71. The molecule has 1 aromatic carbocycles. The number of hydrogen-bond acceptors (Lipinski definition) is 7. The summed E-state index contributed by atoms with van der Waals surface area (Å²) in [6, 6.07) is 11.5. The number of ether oxygens (including phenoxy) is 1. The van der Waals surface area contributed by atoms with E-state index < -0.39 is 11.5 Å². The summed E-state index contributed by atoms with van der Waals surface area (Å²) in [5.41, 5.74) is 0.132. The maximum atomic E-state index is 12.8. The van der Waals surface area contributed by atoms with Gasteiger partial charge in [-0.1, -0.05) is 18.2 Å². The summed E-state index contributed by atoms with van der Waals surface area (Å²) in [5.74, 6) is -0.986. The van der Waals surface area contributed by atoms with Crippen molar-refractivity contribution in [1.29, 1.82) is 0 Å². The summed E-state index contributed by atoms with van der Waals surface area (Å²) in [4.78, 5) is 42.1. The Bertz CT molecular complexity index is 1250. The number of hydrogen-bond donors (Lipinski definition) is 0. The molecule has 7 nitrogen and oxygen atoms in total. The fourth-order valence-electron chi connectivity index (χ4n) is 2.77. The van der Waals surface area contributed by atoms with Crippen molar-refractivity contribution in [3.05, 3.63) is 74.3 Å². The molecule has 0 bridgehead atoms. The van der Waals surface area contributed by atoms with E-state index in [0.717, 1.165) is 0 Å². The summed E-state index contributed by atoms with van der Waals surface area (Å²) in [5, 5.41) is 6.50. The molecule has 0 aliphatic heterocycles. The number of benzene rings is 1. The van der Waals surface area contributed by atoms with Crippen molar-refractivity contribution in [2.45, 2.75) is 6.92 Å². The van der Waals surface area contributed by atoms with Gasteiger partial charge in [-0.2, -0.15) is 10.1 Å². The zero-order valence-electron chi connectivity index (χ0n) is 14.2. The molecule has 0 spiro atoms. The molecule has 27 heavy (non-hydrogen) atoms. The third kappa shape index (κ3) is 2.89. The van der Waals surface area contributed by atoms with Crippen molar-refractivity contribution < 1.29 is 14.3 Å². The largest absolute Gasteiger partial charge is 0.462 e. The first kappa shape index (κ1) is 17.0. The van der Waals surface area contributed by atoms with Crippen LogP contribution in [0.15, 0.2) is 52.6 Å². The van der Waals surface area contributed by atoms with Crippen molar-refractivity contribution in [2.75, 3.05) is 6.61 Å². The average Bonchev–Trinajstić information content (AvgIpc) is 3.22. The number of nitrogens with zero attached hydrogens (tertiary/aromatic N) is 3. The molecule has 0 aliphatic rings. The topological polar surface area (TPSA) is 90.6 Å². The monoisotopic (exact) mass is 379 g/mol. The Labute approximate surface area is 156 Å². The minimum atomic E-state index is -0.667. The molecular formula is C19H13N3O4S. The van der Waals surface area contributed by atoms with Crippen LogP contribution in [0.1, 0.15) is 32.6 Å². The van der Waals surface area contributed by atoms with E-state index in [9.17, 15) is 14.4 Å². The van der Waals surface area contributed by atoms with E-state index in [4.69, 9.17) is 4.74 Å². The molecule has 0 aliphatic carbocycles. The van der Waals surface area contributed by atoms with Crippen LogP contribution in [0.4, 0.5) is 0 Å². The number of esters is 1. The van der Waals surface area contributed by atoms with Gasteiger partial charge < -0.3 is 4.74 Å². The number of para-hydroxylation sites is 1. The van der Waals surface area contributed by atoms with Gasteiger partial charge in [0.15, 0.2) is 5.65 Å². The van der Waals surface area contributed by atoms with Crippen LogP contribution in [0.5, 0.6) is 0 Å². The Kier molecular flexibility index (Phi) is 4.25. The number of aromatic nitrogens is 3. The van der Waals surface area contributed by atoms with Gasteiger partial charge in [-0.05, 0) is 36.6 Å². The smallest absolute Gasteiger partial charge is 0.342 e. The second kappa shape index (κ2) is 6.73. The fourth-order valence-corrected chi connectivity index (χ4v) is 3.45. The maximum absolute atomic E-state index is 12.8. The highest BCUT2D eigenvalue weighted by atomic mass is 32.1. The van der Waals surface area contributed by atoms with E-state index in [1.54, 1.807) is 48.7 Å². The SMILES string of the molecule is CCOC(=O)c1cc(C(=O)c2cccs2)nn2c1nc(=O)c1ccccc12. The van der Waals surface area contributed by atoms with Gasteiger partial charge in [-0.15, -0.1) is 11.3 Å². The minimum Gasteiger partial charge on any atom is -0.462 e. The molecule has 0 atom stereocenters. The van der Waals surface area contributed by atoms with Crippen molar-refractivity contribution in [3.63, 3.8) is 0 Å². The van der Waals surface area contributed by atoms with E-state index in [1.807, 2.05) is 0 Å². The Balaban J connectivity index is 2.08. The predicted molar refractivity (Wildman–Crippen MR) is 100 cm³/mol. The quantitative estimate of drug-likeness (QED) is 0.308. The highest BCUT2D eigenvalue weighted by Crippen LogP contribution is 2.19. The number of thiophene rings is 1. The van der Waals surface area contributed by atoms with Crippen molar-refractivity contribution in [2.24, 2.45) is 0 Å². The minimum absolute atomic E-state index is 0.0228. The lowest BCUT2D eigenvalue weighted by atomic mass is 10.1. The second-order valence-electron chi connectivity index (χ2n) is 5.64. The average molecular weight is 379 g/mol. The summed E-state index contributed by atoms with van der Waals surface area (Å²) >= 11 is 1.28. The van der Waals surface area contributed by atoms with E-state index in [-0.39, 0.29) is 29.3 Å². The third-order valence-electron chi connectivity index (χ3n) is 3.97. The summed E-state index contributed by atoms with van der Waals surface area (Å²) in [6.07, 6.45) is 0. The highest BCUT2D eigenvalue weighted by molar-refractivity contribution is 7.12. The van der Waals surface area contributed by atoms with Crippen molar-refractivity contribution in [1.82, 2.24) is 14.6 Å². The Hall–Kier alpha value is -3.39. The second-order valence-corrected chi connectivity index (χ2v) is 6.59. The molecule has 0 fully saturated rings. The molecule has 4 aromatic rings. The fraction of sp³-hybridized carbons (Fsp3) is 0.105. The van der Waals surface area contributed by atoms with Crippen LogP contribution in [0, 0.1) is 0 Å². The molecule has 0 unspecified atom stereocenters. The molecule has 3 aromatic heterocycles. The van der Waals surface area contributed by atoms with Gasteiger partial charge in [-0.25, -0.2) is 9.31 Å². The van der Waals surface area contributed by atoms with E-state index in [1.165, 1.54) is 21.9 Å². The van der Waals surface area contributed by atoms with Crippen LogP contribution in [-0.4, -0.2) is 33.0 Å². The Morgan fingerprint density at radius 2 is 2.00 bits per heavy atom. The number of carbonyl (C=O) groups excluding carboxylic acids is 2. The molecule has 0 radical (unpaired) electrons. The van der Waals surface area contributed by atoms with E-state index >= 15 is 0 Å². The third-order valence-corrected chi connectivity index (χ3v) is 4.84. The first-order chi connectivity index (χ1) is 13.1. The highest BCUT2D eigenvalue weighted by Gasteiger charge is 2.21. The normalized spacial score (nSPS) is 11.0. The molecular weight excluding hydrogens is 366 g/mol. The lowest BCUT2D eigenvalue weighted by Crippen LogP contribution is -2.19. The maximum Gasteiger partial charge on any atom is 0.342 e. The van der Waals surface area contributed by atoms with Crippen molar-refractivity contribution >= 4 is 39.6 Å². The summed E-state index contributed by atoms with van der Waals surface area (Å²) in [7, 11) is 0. The number of fused-ring (bicyclic) bond motifs is 3. The van der Waals surface area contributed by atoms with Gasteiger partial charge >= 0.3 is 5.97 Å². The van der Waals surface area contributed by atoms with Crippen LogP contribution in [0.2, 0.25) is 0 Å². The zero-order valence-corrected chi connectivity index (χ0v) is 15.0. The first-order valence-electron chi connectivity index (χ1n) is 8.18. The molecule has 0 saturated carbocycles. The summed E-state index contributed by atoms with van der Waals surface area (Å²) < 4.78 is 6.43. The molecule has 0 amide bonds. The van der Waals surface area contributed by atoms with Gasteiger partial charge in [0.25, 0.3) is 5.56 Å². The number of rotatable bonds is 4. The van der Waals surface area contributed by atoms with Gasteiger partial charge in [0, 0.05) is 0 Å². The van der Waals surface area contributed by atoms with Crippen LogP contribution >= 0.6 is 11.3 Å². The number of carbonyl (C=O) groups is 2. The van der Waals surface area contributed by atoms with Crippen LogP contribution in [0.3, 0.4) is 0 Å². The molecule has 134 valence electrons. The molecule has 3 heterocycles. The molecule has 4 rings (SSSR count). The van der Waals surface area contributed by atoms with Gasteiger partial charge in [-0.3, -0.25) is 9.59 Å². The van der Waals surface area contributed by atoms with E-state index in [0.29, 0.717) is 15.8 Å². The zero-order chi connectivity index (χ0) is 19.0. The molecule has 8 heteroatoms. The Morgan fingerprint density at radius 1 is 1.19 bits per heavy atom. The Morgan fingerprint density at radius 3 is 2.74 bits per heavy atom. The van der Waals surface area contributed by atoms with Crippen LogP contribution in [-0.2, 0) is 4.74 Å². The van der Waals surface area contributed by atoms with E-state index in [2.05, 4.69) is 10.1 Å². The number of ketones is 1. The van der Waals surface area contributed by atoms with Crippen LogP contribution < -0.4 is 5.56 Å². The van der Waals surface area contributed by atoms with Gasteiger partial charge in [0.1, 0.15) is 11.3 Å². The molecule has 0 N–H and O–H groups in total. The lowest BCUT2D eigenvalue weighted by molar-refractivity contribution is 0.0527. The first-order valence-corrected chi connectivity index (χ1v) is 9.06. The standard InChI is InChI=1S/C19H13N3O4S/c1-2-26-19(25)12-10-13(16(23)15-8-5-9-27-15)21-22-14-7-4-3-6-11(14)18(24)20-17(12)22/h3-10H,2H2,1H3. The van der Waals surface area contributed by atoms with Crippen LogP contribution in [0.25, 0.3) is 16.6 Å². The molecule has 0 saturated heterocycles.